The number of amides is 1. The van der Waals surface area contributed by atoms with Crippen molar-refractivity contribution < 1.29 is 17.9 Å². The average Bonchev–Trinajstić information content (AvgIpc) is 2.86. The second-order valence-corrected chi connectivity index (χ2v) is 11.3. The number of hydrogen-bond donors (Lipinski definition) is 2. The van der Waals surface area contributed by atoms with Crippen LogP contribution < -0.4 is 14.8 Å². The first kappa shape index (κ1) is 25.8. The zero-order valence-electron chi connectivity index (χ0n) is 21.5. The molecule has 4 rings (SSSR count). The Labute approximate surface area is 214 Å². The van der Waals surface area contributed by atoms with Gasteiger partial charge >= 0.3 is 0 Å². The molecule has 0 saturated carbocycles. The molecule has 7 heteroatoms. The number of anilines is 1. The molecule has 0 spiro atoms. The summed E-state index contributed by atoms with van der Waals surface area (Å²) in [6.45, 7) is 9.68. The number of hydrogen-bond acceptors (Lipinski definition) is 4. The lowest BCUT2D eigenvalue weighted by atomic mass is 9.83. The van der Waals surface area contributed by atoms with Crippen molar-refractivity contribution in [2.45, 2.75) is 70.4 Å². The molecule has 1 heterocycles. The van der Waals surface area contributed by atoms with Crippen LogP contribution in [0.3, 0.4) is 0 Å². The fraction of sp³-hybridized carbons (Fsp3) is 0.345. The fourth-order valence-electron chi connectivity index (χ4n) is 4.75. The maximum atomic E-state index is 13.4. The number of nitrogens with one attached hydrogen (secondary N) is 2. The van der Waals surface area contributed by atoms with E-state index >= 15 is 0 Å². The zero-order chi connectivity index (χ0) is 26.1. The molecule has 1 amide bonds. The van der Waals surface area contributed by atoms with Crippen molar-refractivity contribution in [2.24, 2.45) is 0 Å². The number of carbonyl (C=O) groups excluding carboxylic acids is 1. The average molecular weight is 507 g/mol. The number of sulfonamides is 1. The molecule has 1 aliphatic rings. The van der Waals surface area contributed by atoms with Gasteiger partial charge < -0.3 is 10.1 Å². The minimum atomic E-state index is -3.90. The maximum absolute atomic E-state index is 13.4. The van der Waals surface area contributed by atoms with Gasteiger partial charge in [0, 0.05) is 17.5 Å². The number of benzene rings is 3. The second kappa shape index (κ2) is 9.97. The molecule has 0 radical (unpaired) electrons. The third-order valence-electron chi connectivity index (χ3n) is 7.17. The SMILES string of the molecule is CCC1(CC)CC(NC(=O)c2ccc(C)c(S(=O)(=O)Nc3cc(C)ccc3C)c2)c2ccccc2O1. The van der Waals surface area contributed by atoms with E-state index in [9.17, 15) is 13.2 Å². The first-order chi connectivity index (χ1) is 17.1. The minimum absolute atomic E-state index is 0.0832. The molecule has 0 aliphatic carbocycles. The molecule has 0 bridgehead atoms. The van der Waals surface area contributed by atoms with Crippen LogP contribution in [-0.4, -0.2) is 19.9 Å². The van der Waals surface area contributed by atoms with Crippen LogP contribution in [0.1, 0.15) is 71.8 Å². The summed E-state index contributed by atoms with van der Waals surface area (Å²) in [6.07, 6.45) is 2.29. The Hall–Kier alpha value is -3.32. The van der Waals surface area contributed by atoms with Crippen LogP contribution in [0.4, 0.5) is 5.69 Å². The lowest BCUT2D eigenvalue weighted by Crippen LogP contribution is -2.44. The van der Waals surface area contributed by atoms with Gasteiger partial charge in [-0.15, -0.1) is 0 Å². The van der Waals surface area contributed by atoms with Crippen molar-refractivity contribution in [3.05, 3.63) is 88.5 Å². The molecule has 3 aromatic rings. The van der Waals surface area contributed by atoms with Crippen molar-refractivity contribution >= 4 is 21.6 Å². The third-order valence-corrected chi connectivity index (χ3v) is 8.68. The number of ether oxygens (including phenoxy) is 1. The van der Waals surface area contributed by atoms with E-state index in [2.05, 4.69) is 23.9 Å². The lowest BCUT2D eigenvalue weighted by molar-refractivity contribution is 0.0227. The highest BCUT2D eigenvalue weighted by atomic mass is 32.2. The van der Waals surface area contributed by atoms with E-state index in [1.807, 2.05) is 50.2 Å². The number of fused-ring (bicyclic) bond motifs is 1. The van der Waals surface area contributed by atoms with E-state index in [4.69, 9.17) is 4.74 Å². The summed E-state index contributed by atoms with van der Waals surface area (Å²) < 4.78 is 35.7. The van der Waals surface area contributed by atoms with Gasteiger partial charge in [0.25, 0.3) is 15.9 Å². The summed E-state index contributed by atoms with van der Waals surface area (Å²) >= 11 is 0. The number of carbonyl (C=O) groups is 1. The van der Waals surface area contributed by atoms with Crippen LogP contribution in [0.2, 0.25) is 0 Å². The fourth-order valence-corrected chi connectivity index (χ4v) is 6.14. The number of rotatable bonds is 7. The number of aryl methyl sites for hydroxylation is 3. The van der Waals surface area contributed by atoms with Gasteiger partial charge in [-0.05, 0) is 74.6 Å². The van der Waals surface area contributed by atoms with Crippen molar-refractivity contribution in [1.82, 2.24) is 5.32 Å². The van der Waals surface area contributed by atoms with Crippen molar-refractivity contribution in [3.63, 3.8) is 0 Å². The highest BCUT2D eigenvalue weighted by Gasteiger charge is 2.39. The normalized spacial score (nSPS) is 16.5. The minimum Gasteiger partial charge on any atom is -0.487 e. The first-order valence-electron chi connectivity index (χ1n) is 12.4. The summed E-state index contributed by atoms with van der Waals surface area (Å²) in [6, 6.07) is 17.9. The van der Waals surface area contributed by atoms with Gasteiger partial charge in [-0.1, -0.05) is 50.2 Å². The molecular formula is C29H34N2O4S. The van der Waals surface area contributed by atoms with E-state index in [1.54, 1.807) is 25.1 Å². The van der Waals surface area contributed by atoms with E-state index in [-0.39, 0.29) is 22.4 Å². The molecule has 1 aliphatic heterocycles. The van der Waals surface area contributed by atoms with Crippen LogP contribution >= 0.6 is 0 Å². The predicted octanol–water partition coefficient (Wildman–Crippen LogP) is 6.23. The Kier molecular flexibility index (Phi) is 7.14. The van der Waals surface area contributed by atoms with Crippen molar-refractivity contribution in [3.8, 4) is 5.75 Å². The molecule has 190 valence electrons. The molecule has 1 unspecified atom stereocenters. The molecular weight excluding hydrogens is 472 g/mol. The zero-order valence-corrected chi connectivity index (χ0v) is 22.3. The van der Waals surface area contributed by atoms with Crippen LogP contribution in [-0.2, 0) is 10.0 Å². The highest BCUT2D eigenvalue weighted by Crippen LogP contribution is 2.42. The molecule has 2 N–H and O–H groups in total. The maximum Gasteiger partial charge on any atom is 0.262 e. The van der Waals surface area contributed by atoms with Gasteiger partial charge in [-0.3, -0.25) is 9.52 Å². The second-order valence-electron chi connectivity index (χ2n) is 9.66. The Morgan fingerprint density at radius 3 is 2.39 bits per heavy atom. The topological polar surface area (TPSA) is 84.5 Å². The molecule has 1 atom stereocenters. The third kappa shape index (κ3) is 5.12. The molecule has 0 aromatic heterocycles. The van der Waals surface area contributed by atoms with Gasteiger partial charge in [-0.2, -0.15) is 0 Å². The van der Waals surface area contributed by atoms with Crippen molar-refractivity contribution in [2.75, 3.05) is 4.72 Å². The van der Waals surface area contributed by atoms with Gasteiger partial charge in [0.05, 0.1) is 16.6 Å². The van der Waals surface area contributed by atoms with Crippen LogP contribution in [0.15, 0.2) is 65.6 Å². The van der Waals surface area contributed by atoms with Gasteiger partial charge in [0.15, 0.2) is 0 Å². The van der Waals surface area contributed by atoms with E-state index < -0.39 is 10.0 Å². The summed E-state index contributed by atoms with van der Waals surface area (Å²) in [4.78, 5) is 13.5. The van der Waals surface area contributed by atoms with Crippen molar-refractivity contribution in [1.29, 1.82) is 0 Å². The predicted molar refractivity (Wildman–Crippen MR) is 143 cm³/mol. The number of para-hydroxylation sites is 1. The largest absolute Gasteiger partial charge is 0.487 e. The smallest absolute Gasteiger partial charge is 0.262 e. The van der Waals surface area contributed by atoms with Gasteiger partial charge in [-0.25, -0.2) is 8.42 Å². The molecule has 6 nitrogen and oxygen atoms in total. The van der Waals surface area contributed by atoms with Gasteiger partial charge in [0.2, 0.25) is 0 Å². The van der Waals surface area contributed by atoms with Gasteiger partial charge in [0.1, 0.15) is 11.4 Å². The summed E-state index contributed by atoms with van der Waals surface area (Å²) in [7, 11) is -3.90. The Bertz CT molecular complexity index is 1390. The molecule has 0 saturated heterocycles. The summed E-state index contributed by atoms with van der Waals surface area (Å²) in [5, 5.41) is 3.14. The van der Waals surface area contributed by atoms with E-state index in [1.165, 1.54) is 6.07 Å². The Morgan fingerprint density at radius 2 is 1.67 bits per heavy atom. The quantitative estimate of drug-likeness (QED) is 0.398. The molecule has 3 aromatic carbocycles. The Morgan fingerprint density at radius 1 is 0.972 bits per heavy atom. The standard InChI is InChI=1S/C29H34N2O4S/c1-6-29(7-2)18-25(23-10-8-9-11-26(23)35-29)30-28(32)22-15-14-21(5)27(17-22)36(33,34)31-24-16-19(3)12-13-20(24)4/h8-17,25,31H,6-7,18H2,1-5H3,(H,30,32). The summed E-state index contributed by atoms with van der Waals surface area (Å²) in [5.74, 6) is 0.462. The molecule has 0 fully saturated rings. The van der Waals surface area contributed by atoms with Crippen LogP contribution in [0.5, 0.6) is 5.75 Å². The monoisotopic (exact) mass is 506 g/mol. The molecule has 36 heavy (non-hydrogen) atoms. The van der Waals surface area contributed by atoms with E-state index in [0.717, 1.165) is 35.3 Å². The van der Waals surface area contributed by atoms with Crippen LogP contribution in [0.25, 0.3) is 0 Å². The van der Waals surface area contributed by atoms with E-state index in [0.29, 0.717) is 23.2 Å². The van der Waals surface area contributed by atoms with Crippen LogP contribution in [0, 0.1) is 20.8 Å². The first-order valence-corrected chi connectivity index (χ1v) is 13.9. The Balaban J connectivity index is 1.63. The summed E-state index contributed by atoms with van der Waals surface area (Å²) in [5.41, 5.74) is 3.74. The lowest BCUT2D eigenvalue weighted by Gasteiger charge is -2.41. The highest BCUT2D eigenvalue weighted by molar-refractivity contribution is 7.92.